The van der Waals surface area contributed by atoms with Gasteiger partial charge >= 0.3 is 0 Å². The first-order valence-electron chi connectivity index (χ1n) is 10.6. The van der Waals surface area contributed by atoms with E-state index in [1.54, 1.807) is 13.4 Å². The Kier molecular flexibility index (Phi) is 5.49. The summed E-state index contributed by atoms with van der Waals surface area (Å²) in [4.78, 5) is 26.0. The number of carbonyl (C=O) groups excluding carboxylic acids is 1. The Morgan fingerprint density at radius 2 is 1.91 bits per heavy atom. The number of rotatable bonds is 5. The van der Waals surface area contributed by atoms with Crippen molar-refractivity contribution in [1.29, 1.82) is 0 Å². The van der Waals surface area contributed by atoms with Crippen LogP contribution in [0.5, 0.6) is 5.75 Å². The number of nitrogens with zero attached hydrogens (tertiary/aromatic N) is 3. The minimum Gasteiger partial charge on any atom is -0.496 e. The summed E-state index contributed by atoms with van der Waals surface area (Å²) in [5.41, 5.74) is 4.59. The molecule has 0 unspecified atom stereocenters. The molecule has 7 heteroatoms. The van der Waals surface area contributed by atoms with Crippen LogP contribution in [0.3, 0.4) is 0 Å². The van der Waals surface area contributed by atoms with Crippen molar-refractivity contribution >= 4 is 33.3 Å². The van der Waals surface area contributed by atoms with Gasteiger partial charge in [-0.3, -0.25) is 4.79 Å². The Morgan fingerprint density at radius 1 is 1.12 bits per heavy atom. The van der Waals surface area contributed by atoms with E-state index in [1.807, 2.05) is 31.2 Å². The van der Waals surface area contributed by atoms with Crippen LogP contribution in [0.2, 0.25) is 0 Å². The van der Waals surface area contributed by atoms with Crippen LogP contribution in [0.15, 0.2) is 54.9 Å². The fourth-order valence-corrected chi connectivity index (χ4v) is 5.35. The van der Waals surface area contributed by atoms with Crippen molar-refractivity contribution in [1.82, 2.24) is 15.3 Å². The summed E-state index contributed by atoms with van der Waals surface area (Å²) in [5, 5.41) is 4.01. The molecule has 1 N–H and O–H groups in total. The average molecular weight is 445 g/mol. The number of thiophene rings is 1. The molecule has 32 heavy (non-hydrogen) atoms. The third-order valence-corrected chi connectivity index (χ3v) is 7.17. The van der Waals surface area contributed by atoms with Gasteiger partial charge in [-0.25, -0.2) is 9.97 Å². The summed E-state index contributed by atoms with van der Waals surface area (Å²) in [7, 11) is 1.63. The molecule has 0 radical (unpaired) electrons. The second kappa shape index (κ2) is 8.59. The van der Waals surface area contributed by atoms with E-state index in [4.69, 9.17) is 4.74 Å². The average Bonchev–Trinajstić information content (AvgIpc) is 3.19. The maximum absolute atomic E-state index is 13.1. The highest BCUT2D eigenvalue weighted by atomic mass is 32.1. The SMILES string of the molecule is COc1ccccc1CNC(=O)c1sc2ncnc(N3CCc4ccccc4C3)c2c1C. The number of para-hydroxylation sites is 1. The van der Waals surface area contributed by atoms with E-state index in [0.717, 1.165) is 52.4 Å². The van der Waals surface area contributed by atoms with Crippen molar-refractivity contribution in [2.24, 2.45) is 0 Å². The third kappa shape index (κ3) is 3.69. The smallest absolute Gasteiger partial charge is 0.261 e. The third-order valence-electron chi connectivity index (χ3n) is 5.98. The van der Waals surface area contributed by atoms with Crippen molar-refractivity contribution in [3.05, 3.63) is 82.0 Å². The number of fused-ring (bicyclic) bond motifs is 2. The van der Waals surface area contributed by atoms with Gasteiger partial charge in [-0.2, -0.15) is 0 Å². The number of anilines is 1. The molecule has 3 heterocycles. The van der Waals surface area contributed by atoms with E-state index >= 15 is 0 Å². The molecule has 0 aliphatic carbocycles. The summed E-state index contributed by atoms with van der Waals surface area (Å²) in [6, 6.07) is 16.2. The first-order chi connectivity index (χ1) is 15.7. The predicted molar refractivity (Wildman–Crippen MR) is 128 cm³/mol. The van der Waals surface area contributed by atoms with Crippen LogP contribution in [-0.2, 0) is 19.5 Å². The topological polar surface area (TPSA) is 67.3 Å². The Labute approximate surface area is 190 Å². The molecule has 0 spiro atoms. The van der Waals surface area contributed by atoms with Gasteiger partial charge in [-0.1, -0.05) is 42.5 Å². The number of aryl methyl sites for hydroxylation is 1. The minimum atomic E-state index is -0.105. The largest absolute Gasteiger partial charge is 0.496 e. The molecular formula is C25H24N4O2S. The Hall–Kier alpha value is -3.45. The summed E-state index contributed by atoms with van der Waals surface area (Å²) < 4.78 is 5.39. The molecule has 0 saturated carbocycles. The van der Waals surface area contributed by atoms with Crippen LogP contribution in [-0.4, -0.2) is 29.5 Å². The van der Waals surface area contributed by atoms with Gasteiger partial charge < -0.3 is 15.0 Å². The van der Waals surface area contributed by atoms with Gasteiger partial charge in [0.2, 0.25) is 0 Å². The standard InChI is InChI=1S/C25H24N4O2S/c1-16-21-23(29-12-11-17-7-3-4-9-19(17)14-29)27-15-28-25(21)32-22(16)24(30)26-13-18-8-5-6-10-20(18)31-2/h3-10,15H,11-14H2,1-2H3,(H,26,30). The van der Waals surface area contributed by atoms with E-state index in [-0.39, 0.29) is 5.91 Å². The zero-order valence-corrected chi connectivity index (χ0v) is 18.9. The van der Waals surface area contributed by atoms with Crippen LogP contribution in [0, 0.1) is 6.92 Å². The molecule has 5 rings (SSSR count). The Balaban J connectivity index is 1.43. The van der Waals surface area contributed by atoms with E-state index < -0.39 is 0 Å². The molecule has 162 valence electrons. The van der Waals surface area contributed by atoms with Gasteiger partial charge in [0, 0.05) is 25.2 Å². The molecule has 1 aliphatic heterocycles. The number of aromatic nitrogens is 2. The van der Waals surface area contributed by atoms with Crippen LogP contribution in [0.1, 0.15) is 31.9 Å². The molecule has 1 aliphatic rings. The van der Waals surface area contributed by atoms with Crippen molar-refractivity contribution in [3.8, 4) is 5.75 Å². The summed E-state index contributed by atoms with van der Waals surface area (Å²) >= 11 is 1.42. The van der Waals surface area contributed by atoms with Gasteiger partial charge in [0.05, 0.1) is 17.4 Å². The van der Waals surface area contributed by atoms with E-state index in [1.165, 1.54) is 22.5 Å². The highest BCUT2D eigenvalue weighted by Gasteiger charge is 2.24. The Bertz CT molecular complexity index is 1300. The van der Waals surface area contributed by atoms with Crippen molar-refractivity contribution in [2.45, 2.75) is 26.4 Å². The van der Waals surface area contributed by atoms with E-state index in [9.17, 15) is 4.79 Å². The van der Waals surface area contributed by atoms with Gasteiger partial charge in [0.1, 0.15) is 22.7 Å². The molecule has 0 atom stereocenters. The molecule has 0 bridgehead atoms. The lowest BCUT2D eigenvalue weighted by Gasteiger charge is -2.30. The normalized spacial score (nSPS) is 13.1. The number of benzene rings is 2. The van der Waals surface area contributed by atoms with Crippen LogP contribution < -0.4 is 15.0 Å². The van der Waals surface area contributed by atoms with Crippen LogP contribution >= 0.6 is 11.3 Å². The fourth-order valence-electron chi connectivity index (χ4n) is 4.29. The number of methoxy groups -OCH3 is 1. The lowest BCUT2D eigenvalue weighted by molar-refractivity contribution is 0.0954. The number of hydrogen-bond donors (Lipinski definition) is 1. The molecule has 4 aromatic rings. The summed E-state index contributed by atoms with van der Waals surface area (Å²) in [6.07, 6.45) is 2.59. The van der Waals surface area contributed by atoms with Crippen molar-refractivity contribution in [2.75, 3.05) is 18.6 Å². The monoisotopic (exact) mass is 444 g/mol. The summed E-state index contributed by atoms with van der Waals surface area (Å²) in [6.45, 7) is 4.10. The molecule has 1 amide bonds. The van der Waals surface area contributed by atoms with E-state index in [2.05, 4.69) is 44.5 Å². The molecule has 0 fully saturated rings. The number of hydrogen-bond acceptors (Lipinski definition) is 6. The minimum absolute atomic E-state index is 0.105. The van der Waals surface area contributed by atoms with Crippen LogP contribution in [0.25, 0.3) is 10.2 Å². The first-order valence-corrected chi connectivity index (χ1v) is 11.4. The van der Waals surface area contributed by atoms with Gasteiger partial charge in [0.25, 0.3) is 5.91 Å². The molecular weight excluding hydrogens is 420 g/mol. The maximum Gasteiger partial charge on any atom is 0.261 e. The lowest BCUT2D eigenvalue weighted by Crippen LogP contribution is -2.31. The predicted octanol–water partition coefficient (Wildman–Crippen LogP) is 4.50. The van der Waals surface area contributed by atoms with E-state index in [0.29, 0.717) is 11.4 Å². The number of amides is 1. The first kappa shape index (κ1) is 20.5. The van der Waals surface area contributed by atoms with Gasteiger partial charge in [0.15, 0.2) is 0 Å². The highest BCUT2D eigenvalue weighted by molar-refractivity contribution is 7.20. The quantitative estimate of drug-likeness (QED) is 0.491. The second-order valence-electron chi connectivity index (χ2n) is 7.87. The molecule has 2 aromatic heterocycles. The zero-order valence-electron chi connectivity index (χ0n) is 18.1. The van der Waals surface area contributed by atoms with Gasteiger partial charge in [-0.15, -0.1) is 11.3 Å². The zero-order chi connectivity index (χ0) is 22.1. The lowest BCUT2D eigenvalue weighted by atomic mass is 9.99. The fraction of sp³-hybridized carbons (Fsp3) is 0.240. The van der Waals surface area contributed by atoms with Crippen molar-refractivity contribution < 1.29 is 9.53 Å². The highest BCUT2D eigenvalue weighted by Crippen LogP contribution is 2.36. The number of nitrogens with one attached hydrogen (secondary N) is 1. The maximum atomic E-state index is 13.1. The number of carbonyl (C=O) groups is 1. The molecule has 0 saturated heterocycles. The molecule has 2 aromatic carbocycles. The second-order valence-corrected chi connectivity index (χ2v) is 8.87. The molecule has 6 nitrogen and oxygen atoms in total. The summed E-state index contributed by atoms with van der Waals surface area (Å²) in [5.74, 6) is 1.56. The van der Waals surface area contributed by atoms with Crippen LogP contribution in [0.4, 0.5) is 5.82 Å². The number of ether oxygens (including phenoxy) is 1. The Morgan fingerprint density at radius 3 is 2.75 bits per heavy atom. The van der Waals surface area contributed by atoms with Crippen molar-refractivity contribution in [3.63, 3.8) is 0 Å². The van der Waals surface area contributed by atoms with Gasteiger partial charge in [-0.05, 0) is 36.1 Å².